The topological polar surface area (TPSA) is 85.1 Å². The Morgan fingerprint density at radius 2 is 2.16 bits per heavy atom. The Bertz CT molecular complexity index is 705. The molecule has 0 bridgehead atoms. The van der Waals surface area contributed by atoms with Crippen LogP contribution in [0, 0.1) is 0 Å². The van der Waals surface area contributed by atoms with Crippen LogP contribution in [0.4, 0.5) is 10.8 Å². The van der Waals surface area contributed by atoms with Crippen LogP contribution in [0.15, 0.2) is 29.6 Å². The van der Waals surface area contributed by atoms with E-state index < -0.39 is 10.0 Å². The van der Waals surface area contributed by atoms with E-state index in [1.54, 1.807) is 6.07 Å². The van der Waals surface area contributed by atoms with Crippen molar-refractivity contribution in [1.82, 2.24) is 4.98 Å². The molecule has 0 saturated heterocycles. The minimum atomic E-state index is -3.24. The minimum absolute atomic E-state index is 0.243. The molecule has 7 heteroatoms. The highest BCUT2D eigenvalue weighted by Crippen LogP contribution is 2.32. The molecule has 1 saturated carbocycles. The van der Waals surface area contributed by atoms with Crippen molar-refractivity contribution in [2.45, 2.75) is 18.1 Å². The molecule has 5 nitrogen and oxygen atoms in total. The van der Waals surface area contributed by atoms with Gasteiger partial charge in [0, 0.05) is 16.6 Å². The number of benzene rings is 1. The number of anilines is 2. The molecule has 1 aromatic heterocycles. The lowest BCUT2D eigenvalue weighted by Crippen LogP contribution is -2.17. The number of nitrogen functional groups attached to an aromatic ring is 1. The summed E-state index contributed by atoms with van der Waals surface area (Å²) < 4.78 is 26.1. The Hall–Kier alpha value is -1.60. The van der Waals surface area contributed by atoms with Gasteiger partial charge >= 0.3 is 0 Å². The molecule has 0 amide bonds. The molecule has 1 aromatic carbocycles. The number of hydrogen-bond acceptors (Lipinski definition) is 5. The number of nitrogens with two attached hydrogens (primary N) is 1. The van der Waals surface area contributed by atoms with Crippen molar-refractivity contribution < 1.29 is 8.42 Å². The molecular formula is C12H13N3O2S2. The summed E-state index contributed by atoms with van der Waals surface area (Å²) >= 11 is 1.28. The summed E-state index contributed by atoms with van der Waals surface area (Å²) in [6.45, 7) is 0. The Morgan fingerprint density at radius 1 is 1.37 bits per heavy atom. The van der Waals surface area contributed by atoms with Crippen molar-refractivity contribution >= 4 is 32.2 Å². The second kappa shape index (κ2) is 4.50. The number of rotatable bonds is 4. The van der Waals surface area contributed by atoms with E-state index in [1.807, 2.05) is 23.6 Å². The molecule has 0 atom stereocenters. The molecule has 3 rings (SSSR count). The summed E-state index contributed by atoms with van der Waals surface area (Å²) in [6, 6.07) is 7.35. The molecule has 100 valence electrons. The molecule has 2 aromatic rings. The molecule has 1 fully saturated rings. The van der Waals surface area contributed by atoms with Gasteiger partial charge in [-0.3, -0.25) is 4.72 Å². The largest absolute Gasteiger partial charge is 0.399 e. The fourth-order valence-electron chi connectivity index (χ4n) is 1.73. The average Bonchev–Trinajstić information content (AvgIpc) is 3.12. The SMILES string of the molecule is Nc1cccc(-c2csc(NS(=O)(=O)C3CC3)n2)c1. The first-order valence-corrected chi connectivity index (χ1v) is 8.30. The monoisotopic (exact) mass is 295 g/mol. The van der Waals surface area contributed by atoms with Crippen molar-refractivity contribution in [3.8, 4) is 11.3 Å². The van der Waals surface area contributed by atoms with Gasteiger partial charge in [0.1, 0.15) is 0 Å². The van der Waals surface area contributed by atoms with E-state index in [2.05, 4.69) is 9.71 Å². The molecule has 1 heterocycles. The maximum absolute atomic E-state index is 11.8. The van der Waals surface area contributed by atoms with Gasteiger partial charge in [0.05, 0.1) is 10.9 Å². The lowest BCUT2D eigenvalue weighted by atomic mass is 10.1. The summed E-state index contributed by atoms with van der Waals surface area (Å²) in [5.74, 6) is 0. The van der Waals surface area contributed by atoms with Crippen LogP contribution in [0.25, 0.3) is 11.3 Å². The van der Waals surface area contributed by atoms with Crippen LogP contribution < -0.4 is 10.5 Å². The van der Waals surface area contributed by atoms with Gasteiger partial charge in [-0.2, -0.15) is 0 Å². The van der Waals surface area contributed by atoms with Gasteiger partial charge < -0.3 is 5.73 Å². The maximum Gasteiger partial charge on any atom is 0.237 e. The van der Waals surface area contributed by atoms with E-state index in [1.165, 1.54) is 11.3 Å². The van der Waals surface area contributed by atoms with Crippen molar-refractivity contribution in [1.29, 1.82) is 0 Å². The first kappa shape index (κ1) is 12.4. The predicted octanol–water partition coefficient (Wildman–Crippen LogP) is 2.30. The number of nitrogens with zero attached hydrogens (tertiary/aromatic N) is 1. The fraction of sp³-hybridized carbons (Fsp3) is 0.250. The molecular weight excluding hydrogens is 282 g/mol. The molecule has 1 aliphatic rings. The lowest BCUT2D eigenvalue weighted by Gasteiger charge is -2.02. The van der Waals surface area contributed by atoms with Crippen molar-refractivity contribution in [3.63, 3.8) is 0 Å². The number of aromatic nitrogens is 1. The van der Waals surface area contributed by atoms with Crippen LogP contribution in [-0.4, -0.2) is 18.7 Å². The van der Waals surface area contributed by atoms with E-state index in [0.29, 0.717) is 10.8 Å². The van der Waals surface area contributed by atoms with Gasteiger partial charge in [-0.1, -0.05) is 12.1 Å². The summed E-state index contributed by atoms with van der Waals surface area (Å²) in [4.78, 5) is 4.29. The van der Waals surface area contributed by atoms with E-state index >= 15 is 0 Å². The normalized spacial score (nSPS) is 15.4. The van der Waals surface area contributed by atoms with Gasteiger partial charge in [-0.05, 0) is 25.0 Å². The third-order valence-corrected chi connectivity index (χ3v) is 5.59. The average molecular weight is 295 g/mol. The molecule has 19 heavy (non-hydrogen) atoms. The zero-order valence-electron chi connectivity index (χ0n) is 10.0. The first-order chi connectivity index (χ1) is 9.04. The minimum Gasteiger partial charge on any atom is -0.399 e. The van der Waals surface area contributed by atoms with Crippen LogP contribution in [0.1, 0.15) is 12.8 Å². The second-order valence-corrected chi connectivity index (χ2v) is 7.33. The number of sulfonamides is 1. The standard InChI is InChI=1S/C12H13N3O2S2/c13-9-3-1-2-8(6-9)11-7-18-12(14-11)15-19(16,17)10-4-5-10/h1-3,6-7,10H,4-5,13H2,(H,14,15). The van der Waals surface area contributed by atoms with Crippen LogP contribution in [0.3, 0.4) is 0 Å². The second-order valence-electron chi connectivity index (χ2n) is 4.51. The fourth-order valence-corrected chi connectivity index (χ4v) is 4.05. The quantitative estimate of drug-likeness (QED) is 0.848. The van der Waals surface area contributed by atoms with Crippen molar-refractivity contribution in [3.05, 3.63) is 29.6 Å². The Kier molecular flexibility index (Phi) is 2.94. The molecule has 0 aliphatic heterocycles. The number of nitrogens with one attached hydrogen (secondary N) is 1. The van der Waals surface area contributed by atoms with Crippen LogP contribution in [0.5, 0.6) is 0 Å². The van der Waals surface area contributed by atoms with Crippen LogP contribution in [0.2, 0.25) is 0 Å². The summed E-state index contributed by atoms with van der Waals surface area (Å²) in [6.07, 6.45) is 1.48. The first-order valence-electron chi connectivity index (χ1n) is 5.88. The van der Waals surface area contributed by atoms with Crippen LogP contribution >= 0.6 is 11.3 Å². The summed E-state index contributed by atoms with van der Waals surface area (Å²) in [5, 5.41) is 1.98. The van der Waals surface area contributed by atoms with E-state index in [0.717, 1.165) is 24.1 Å². The molecule has 0 unspecified atom stereocenters. The smallest absolute Gasteiger partial charge is 0.237 e. The highest BCUT2D eigenvalue weighted by atomic mass is 32.2. The van der Waals surface area contributed by atoms with Crippen molar-refractivity contribution in [2.75, 3.05) is 10.5 Å². The number of hydrogen-bond donors (Lipinski definition) is 2. The van der Waals surface area contributed by atoms with Gasteiger partial charge in [-0.25, -0.2) is 13.4 Å². The van der Waals surface area contributed by atoms with Gasteiger partial charge in [0.2, 0.25) is 10.0 Å². The zero-order valence-corrected chi connectivity index (χ0v) is 11.7. The highest BCUT2D eigenvalue weighted by molar-refractivity contribution is 7.93. The van der Waals surface area contributed by atoms with Gasteiger partial charge in [-0.15, -0.1) is 11.3 Å². The molecule has 0 radical (unpaired) electrons. The van der Waals surface area contributed by atoms with Crippen molar-refractivity contribution in [2.24, 2.45) is 0 Å². The lowest BCUT2D eigenvalue weighted by molar-refractivity contribution is 0.600. The Balaban J connectivity index is 1.83. The summed E-state index contributed by atoms with van der Waals surface area (Å²) in [7, 11) is -3.24. The Labute approximate surface area is 115 Å². The maximum atomic E-state index is 11.8. The summed E-state index contributed by atoms with van der Waals surface area (Å²) in [5.41, 5.74) is 7.98. The third kappa shape index (κ3) is 2.71. The third-order valence-electron chi connectivity index (χ3n) is 2.88. The predicted molar refractivity (Wildman–Crippen MR) is 77.5 cm³/mol. The zero-order chi connectivity index (χ0) is 13.5. The van der Waals surface area contributed by atoms with E-state index in [9.17, 15) is 8.42 Å². The van der Waals surface area contributed by atoms with E-state index in [4.69, 9.17) is 5.73 Å². The van der Waals surface area contributed by atoms with Crippen LogP contribution in [-0.2, 0) is 10.0 Å². The highest BCUT2D eigenvalue weighted by Gasteiger charge is 2.36. The molecule has 1 aliphatic carbocycles. The van der Waals surface area contributed by atoms with E-state index in [-0.39, 0.29) is 5.25 Å². The number of thiazole rings is 1. The van der Waals surface area contributed by atoms with Gasteiger partial charge in [0.15, 0.2) is 5.13 Å². The molecule has 0 spiro atoms. The van der Waals surface area contributed by atoms with Gasteiger partial charge in [0.25, 0.3) is 0 Å². The molecule has 3 N–H and O–H groups in total. The Morgan fingerprint density at radius 3 is 2.84 bits per heavy atom.